The van der Waals surface area contributed by atoms with Crippen molar-refractivity contribution < 1.29 is 0 Å². The van der Waals surface area contributed by atoms with Crippen LogP contribution >= 0.6 is 12.2 Å². The molecule has 1 aromatic heterocycles. The molecule has 0 aromatic carbocycles. The van der Waals surface area contributed by atoms with E-state index in [0.29, 0.717) is 0 Å². The number of aryl methyl sites for hydroxylation is 2. The van der Waals surface area contributed by atoms with Crippen LogP contribution in [0, 0.1) is 13.8 Å². The van der Waals surface area contributed by atoms with E-state index in [4.69, 9.17) is 18.0 Å². The van der Waals surface area contributed by atoms with Crippen molar-refractivity contribution in [3.8, 4) is 0 Å². The molecule has 0 atom stereocenters. The van der Waals surface area contributed by atoms with Crippen molar-refractivity contribution >= 4 is 17.3 Å². The van der Waals surface area contributed by atoms with E-state index in [1.165, 1.54) is 12.1 Å². The Hall–Kier alpha value is -1.36. The lowest BCUT2D eigenvalue weighted by molar-refractivity contribution is 0.860. The normalized spacial score (nSPS) is 9.69. The number of pyridine rings is 1. The molecule has 0 saturated carbocycles. The summed E-state index contributed by atoms with van der Waals surface area (Å²) >= 11 is 4.70. The minimum atomic E-state index is -0.0176. The van der Waals surface area contributed by atoms with Crippen molar-refractivity contribution in [1.29, 1.82) is 0 Å². The molecule has 13 heavy (non-hydrogen) atoms. The molecule has 0 radical (unpaired) electrons. The van der Waals surface area contributed by atoms with Crippen LogP contribution in [0.4, 0.5) is 0 Å². The maximum Gasteiger partial charge on any atom is 0.183 e. The van der Waals surface area contributed by atoms with Crippen LogP contribution in [0.1, 0.15) is 11.4 Å². The molecule has 70 valence electrons. The minimum Gasteiger partial charge on any atom is -0.375 e. The van der Waals surface area contributed by atoms with Gasteiger partial charge in [-0.3, -0.25) is 14.9 Å². The first-order valence-corrected chi connectivity index (χ1v) is 4.18. The second-order valence-electron chi connectivity index (χ2n) is 2.79. The summed E-state index contributed by atoms with van der Waals surface area (Å²) in [5.41, 5.74) is 9.61. The van der Waals surface area contributed by atoms with E-state index in [1.807, 2.05) is 0 Å². The van der Waals surface area contributed by atoms with Crippen molar-refractivity contribution in [3.05, 3.63) is 33.7 Å². The molecule has 1 rings (SSSR count). The van der Waals surface area contributed by atoms with Gasteiger partial charge in [-0.2, -0.15) is 0 Å². The van der Waals surface area contributed by atoms with Crippen molar-refractivity contribution in [3.63, 3.8) is 0 Å². The van der Waals surface area contributed by atoms with Crippen LogP contribution < -0.4 is 16.6 Å². The van der Waals surface area contributed by atoms with Gasteiger partial charge in [-0.1, -0.05) is 0 Å². The average Bonchev–Trinajstić information content (AvgIpc) is 1.96. The van der Waals surface area contributed by atoms with Gasteiger partial charge in [-0.15, -0.1) is 0 Å². The maximum absolute atomic E-state index is 11.0. The van der Waals surface area contributed by atoms with Crippen LogP contribution in [0.5, 0.6) is 0 Å². The fourth-order valence-electron chi connectivity index (χ4n) is 1.15. The van der Waals surface area contributed by atoms with E-state index in [2.05, 4.69) is 5.43 Å². The van der Waals surface area contributed by atoms with Crippen molar-refractivity contribution in [2.45, 2.75) is 13.8 Å². The summed E-state index contributed by atoms with van der Waals surface area (Å²) in [6, 6.07) is 3.02. The zero-order valence-corrected chi connectivity index (χ0v) is 8.31. The van der Waals surface area contributed by atoms with Gasteiger partial charge in [0, 0.05) is 23.5 Å². The van der Waals surface area contributed by atoms with Crippen LogP contribution in [0.2, 0.25) is 0 Å². The van der Waals surface area contributed by atoms with Crippen molar-refractivity contribution in [1.82, 2.24) is 4.68 Å². The van der Waals surface area contributed by atoms with Gasteiger partial charge in [0.25, 0.3) is 0 Å². The SMILES string of the molecule is Cc1cc(=O)cc(C)n1NC(N)=S. The van der Waals surface area contributed by atoms with E-state index >= 15 is 0 Å². The van der Waals surface area contributed by atoms with E-state index in [1.54, 1.807) is 18.5 Å². The highest BCUT2D eigenvalue weighted by Gasteiger charge is 2.00. The molecule has 0 aliphatic heterocycles. The number of nitrogens with two attached hydrogens (primary N) is 1. The summed E-state index contributed by atoms with van der Waals surface area (Å²) in [7, 11) is 0. The Morgan fingerprint density at radius 2 is 1.92 bits per heavy atom. The Balaban J connectivity index is 3.20. The number of hydrogen-bond donors (Lipinski definition) is 2. The fraction of sp³-hybridized carbons (Fsp3) is 0.250. The quantitative estimate of drug-likeness (QED) is 0.634. The number of rotatable bonds is 1. The molecule has 5 heteroatoms. The molecule has 1 heterocycles. The maximum atomic E-state index is 11.0. The van der Waals surface area contributed by atoms with Gasteiger partial charge in [0.05, 0.1) is 0 Å². The Labute approximate surface area is 81.3 Å². The summed E-state index contributed by atoms with van der Waals surface area (Å²) < 4.78 is 1.67. The zero-order valence-electron chi connectivity index (χ0n) is 7.50. The summed E-state index contributed by atoms with van der Waals surface area (Å²) in [5, 5.41) is 0.176. The summed E-state index contributed by atoms with van der Waals surface area (Å²) in [4.78, 5) is 11.0. The molecule has 1 aromatic rings. The van der Waals surface area contributed by atoms with Crippen molar-refractivity contribution in [2.75, 3.05) is 5.43 Å². The predicted octanol–water partition coefficient (Wildman–Crippen LogP) is 0.252. The fourth-order valence-corrected chi connectivity index (χ4v) is 1.24. The van der Waals surface area contributed by atoms with Crippen LogP contribution in [0.3, 0.4) is 0 Å². The molecular formula is C8H11N3OS. The molecule has 3 N–H and O–H groups in total. The lowest BCUT2D eigenvalue weighted by Gasteiger charge is -2.14. The van der Waals surface area contributed by atoms with Crippen LogP contribution in [-0.2, 0) is 0 Å². The first-order chi connectivity index (χ1) is 6.00. The topological polar surface area (TPSA) is 60.0 Å². The number of thiocarbonyl (C=S) groups is 1. The first kappa shape index (κ1) is 9.73. The smallest absolute Gasteiger partial charge is 0.183 e. The Kier molecular flexibility index (Phi) is 2.67. The molecule has 0 bridgehead atoms. The Morgan fingerprint density at radius 3 is 2.31 bits per heavy atom. The minimum absolute atomic E-state index is 0.0176. The Bertz CT molecular complexity index is 371. The third-order valence-corrected chi connectivity index (χ3v) is 1.72. The molecule has 0 aliphatic rings. The van der Waals surface area contributed by atoms with Gasteiger partial charge in [0.1, 0.15) is 0 Å². The third kappa shape index (κ3) is 2.29. The van der Waals surface area contributed by atoms with Crippen molar-refractivity contribution in [2.24, 2.45) is 5.73 Å². The van der Waals surface area contributed by atoms with Crippen LogP contribution in [0.15, 0.2) is 16.9 Å². The molecule has 0 spiro atoms. The molecule has 0 amide bonds. The molecule has 4 nitrogen and oxygen atoms in total. The highest BCUT2D eigenvalue weighted by molar-refractivity contribution is 7.80. The lowest BCUT2D eigenvalue weighted by atomic mass is 10.3. The largest absolute Gasteiger partial charge is 0.375 e. The van der Waals surface area contributed by atoms with Crippen LogP contribution in [-0.4, -0.2) is 9.79 Å². The molecule has 0 aliphatic carbocycles. The molecule has 0 fully saturated rings. The summed E-state index contributed by atoms with van der Waals surface area (Å²) in [5.74, 6) is 0. The second kappa shape index (κ2) is 3.57. The van der Waals surface area contributed by atoms with E-state index < -0.39 is 0 Å². The van der Waals surface area contributed by atoms with E-state index in [-0.39, 0.29) is 10.5 Å². The van der Waals surface area contributed by atoms with Gasteiger partial charge in [0.15, 0.2) is 10.5 Å². The van der Waals surface area contributed by atoms with Gasteiger partial charge in [-0.25, -0.2) is 0 Å². The number of aromatic nitrogens is 1. The average molecular weight is 197 g/mol. The molecule has 0 unspecified atom stereocenters. The monoisotopic (exact) mass is 197 g/mol. The van der Waals surface area contributed by atoms with Gasteiger partial charge in [-0.05, 0) is 26.1 Å². The highest BCUT2D eigenvalue weighted by atomic mass is 32.1. The Morgan fingerprint density at radius 1 is 1.46 bits per heavy atom. The zero-order chi connectivity index (χ0) is 10.0. The molecule has 0 saturated heterocycles. The van der Waals surface area contributed by atoms with Gasteiger partial charge >= 0.3 is 0 Å². The number of hydrogen-bond acceptors (Lipinski definition) is 2. The predicted molar refractivity (Wildman–Crippen MR) is 56.3 cm³/mol. The van der Waals surface area contributed by atoms with Crippen LogP contribution in [0.25, 0.3) is 0 Å². The van der Waals surface area contributed by atoms with Gasteiger partial charge in [0.2, 0.25) is 0 Å². The lowest BCUT2D eigenvalue weighted by Crippen LogP contribution is -2.31. The van der Waals surface area contributed by atoms with E-state index in [0.717, 1.165) is 11.4 Å². The first-order valence-electron chi connectivity index (χ1n) is 3.77. The highest BCUT2D eigenvalue weighted by Crippen LogP contribution is 1.97. The standard InChI is InChI=1S/C8H11N3OS/c1-5-3-7(12)4-6(2)11(5)10-8(9)13/h3-4H,1-2H3,(H3,9,10,13). The van der Waals surface area contributed by atoms with E-state index in [9.17, 15) is 4.79 Å². The summed E-state index contributed by atoms with van der Waals surface area (Å²) in [6.45, 7) is 3.61. The second-order valence-corrected chi connectivity index (χ2v) is 3.23. The summed E-state index contributed by atoms with van der Waals surface area (Å²) in [6.07, 6.45) is 0. The number of nitrogens with zero attached hydrogens (tertiary/aromatic N) is 1. The van der Waals surface area contributed by atoms with Gasteiger partial charge < -0.3 is 5.73 Å². The molecular weight excluding hydrogens is 186 g/mol. The number of nitrogens with one attached hydrogen (secondary N) is 1. The third-order valence-electron chi connectivity index (χ3n) is 1.63.